The molecule has 0 aliphatic heterocycles. The van der Waals surface area contributed by atoms with Crippen LogP contribution in [0.3, 0.4) is 0 Å². The van der Waals surface area contributed by atoms with Gasteiger partial charge in [-0.1, -0.05) is 11.2 Å². The Labute approximate surface area is 118 Å². The second-order valence-electron chi connectivity index (χ2n) is 4.68. The first-order chi connectivity index (χ1) is 9.31. The molecule has 0 bridgehead atoms. The molecule has 0 saturated heterocycles. The second kappa shape index (κ2) is 5.26. The fourth-order valence-electron chi connectivity index (χ4n) is 1.91. The van der Waals surface area contributed by atoms with Gasteiger partial charge < -0.3 is 10.3 Å². The van der Waals surface area contributed by atoms with E-state index in [1.807, 2.05) is 6.92 Å². The van der Waals surface area contributed by atoms with Gasteiger partial charge in [0.25, 0.3) is 0 Å². The van der Waals surface area contributed by atoms with Crippen LogP contribution in [0.5, 0.6) is 0 Å². The zero-order valence-electron chi connectivity index (χ0n) is 11.6. The second-order valence-corrected chi connectivity index (χ2v) is 6.38. The molecular formula is C13H17N3O3S. The lowest BCUT2D eigenvalue weighted by atomic mass is 10.1. The number of nitrogens with one attached hydrogen (secondary N) is 1. The maximum atomic E-state index is 12.4. The van der Waals surface area contributed by atoms with E-state index in [2.05, 4.69) is 9.88 Å². The SMILES string of the molecule is Cc1cc(CNS(=O)(=O)c2c(N)ccc(C)c2C)no1. The molecule has 2 rings (SSSR count). The molecule has 108 valence electrons. The van der Waals surface area contributed by atoms with Crippen molar-refractivity contribution in [2.24, 2.45) is 0 Å². The van der Waals surface area contributed by atoms with Gasteiger partial charge in [-0.3, -0.25) is 0 Å². The van der Waals surface area contributed by atoms with E-state index in [-0.39, 0.29) is 17.1 Å². The normalized spacial score (nSPS) is 11.8. The van der Waals surface area contributed by atoms with E-state index in [4.69, 9.17) is 10.3 Å². The van der Waals surface area contributed by atoms with Crippen molar-refractivity contribution in [3.05, 3.63) is 40.8 Å². The minimum absolute atomic E-state index is 0.0620. The zero-order chi connectivity index (χ0) is 14.9. The number of sulfonamides is 1. The molecule has 0 fully saturated rings. The van der Waals surface area contributed by atoms with Gasteiger partial charge in [0, 0.05) is 6.07 Å². The smallest absolute Gasteiger partial charge is 0.243 e. The van der Waals surface area contributed by atoms with Gasteiger partial charge in [-0.05, 0) is 38.0 Å². The molecule has 2 aromatic rings. The van der Waals surface area contributed by atoms with Crippen LogP contribution in [0.1, 0.15) is 22.6 Å². The average Bonchev–Trinajstić information content (AvgIpc) is 2.78. The number of hydrogen-bond donors (Lipinski definition) is 2. The molecule has 1 aromatic heterocycles. The van der Waals surface area contributed by atoms with E-state index >= 15 is 0 Å². The predicted octanol–water partition coefficient (Wildman–Crippen LogP) is 1.66. The minimum atomic E-state index is -3.69. The van der Waals surface area contributed by atoms with Crippen LogP contribution in [0, 0.1) is 20.8 Å². The Morgan fingerprint density at radius 2 is 2.00 bits per heavy atom. The van der Waals surface area contributed by atoms with E-state index in [1.165, 1.54) is 0 Å². The van der Waals surface area contributed by atoms with E-state index in [0.29, 0.717) is 17.0 Å². The summed E-state index contributed by atoms with van der Waals surface area (Å²) in [5.41, 5.74) is 8.07. The van der Waals surface area contributed by atoms with Crippen molar-refractivity contribution < 1.29 is 12.9 Å². The third-order valence-corrected chi connectivity index (χ3v) is 4.70. The highest BCUT2D eigenvalue weighted by atomic mass is 32.2. The van der Waals surface area contributed by atoms with Crippen molar-refractivity contribution in [3.8, 4) is 0 Å². The number of nitrogens with two attached hydrogens (primary N) is 1. The summed E-state index contributed by atoms with van der Waals surface area (Å²) in [6.45, 7) is 5.38. The van der Waals surface area contributed by atoms with E-state index in [1.54, 1.807) is 32.0 Å². The van der Waals surface area contributed by atoms with Crippen LogP contribution in [-0.4, -0.2) is 13.6 Å². The summed E-state index contributed by atoms with van der Waals surface area (Å²) >= 11 is 0. The van der Waals surface area contributed by atoms with Gasteiger partial charge in [0.15, 0.2) is 0 Å². The highest BCUT2D eigenvalue weighted by molar-refractivity contribution is 7.89. The lowest BCUT2D eigenvalue weighted by Gasteiger charge is -2.12. The van der Waals surface area contributed by atoms with Gasteiger partial charge >= 0.3 is 0 Å². The molecule has 0 radical (unpaired) electrons. The number of rotatable bonds is 4. The van der Waals surface area contributed by atoms with Crippen molar-refractivity contribution in [1.82, 2.24) is 9.88 Å². The molecular weight excluding hydrogens is 278 g/mol. The molecule has 0 aliphatic rings. The van der Waals surface area contributed by atoms with Crippen LogP contribution < -0.4 is 10.5 Å². The van der Waals surface area contributed by atoms with Gasteiger partial charge in [0.2, 0.25) is 10.0 Å². The molecule has 6 nitrogen and oxygen atoms in total. The summed E-state index contributed by atoms with van der Waals surface area (Å²) in [4.78, 5) is 0.123. The largest absolute Gasteiger partial charge is 0.398 e. The summed E-state index contributed by atoms with van der Waals surface area (Å²) < 4.78 is 32.1. The average molecular weight is 295 g/mol. The quantitative estimate of drug-likeness (QED) is 0.836. The first kappa shape index (κ1) is 14.5. The Kier molecular flexibility index (Phi) is 3.82. The molecule has 3 N–H and O–H groups in total. The van der Waals surface area contributed by atoms with Gasteiger partial charge in [0.05, 0.1) is 17.9 Å². The molecule has 0 unspecified atom stereocenters. The van der Waals surface area contributed by atoms with Gasteiger partial charge in [-0.2, -0.15) is 0 Å². The number of aryl methyl sites for hydroxylation is 2. The van der Waals surface area contributed by atoms with Crippen LogP contribution in [0.4, 0.5) is 5.69 Å². The molecule has 0 atom stereocenters. The monoisotopic (exact) mass is 295 g/mol. The topological polar surface area (TPSA) is 98.2 Å². The summed E-state index contributed by atoms with van der Waals surface area (Å²) in [5, 5.41) is 3.74. The summed E-state index contributed by atoms with van der Waals surface area (Å²) in [7, 11) is -3.69. The Balaban J connectivity index is 2.29. The highest BCUT2D eigenvalue weighted by Crippen LogP contribution is 2.25. The van der Waals surface area contributed by atoms with Gasteiger partial charge in [0.1, 0.15) is 10.7 Å². The first-order valence-electron chi connectivity index (χ1n) is 6.09. The number of anilines is 1. The van der Waals surface area contributed by atoms with Crippen LogP contribution in [0.2, 0.25) is 0 Å². The highest BCUT2D eigenvalue weighted by Gasteiger charge is 2.21. The van der Waals surface area contributed by atoms with Crippen molar-refractivity contribution in [2.75, 3.05) is 5.73 Å². The number of hydrogen-bond acceptors (Lipinski definition) is 5. The fraction of sp³-hybridized carbons (Fsp3) is 0.308. The molecule has 0 saturated carbocycles. The van der Waals surface area contributed by atoms with Crippen molar-refractivity contribution in [2.45, 2.75) is 32.2 Å². The predicted molar refractivity (Wildman–Crippen MR) is 75.6 cm³/mol. The summed E-state index contributed by atoms with van der Waals surface area (Å²) in [6.07, 6.45) is 0. The molecule has 1 aromatic carbocycles. The fourth-order valence-corrected chi connectivity index (χ4v) is 3.33. The molecule has 20 heavy (non-hydrogen) atoms. The van der Waals surface area contributed by atoms with Crippen LogP contribution in [-0.2, 0) is 16.6 Å². The molecule has 7 heteroatoms. The Bertz CT molecular complexity index is 735. The lowest BCUT2D eigenvalue weighted by Crippen LogP contribution is -2.25. The number of nitrogens with zero attached hydrogens (tertiary/aromatic N) is 1. The number of aromatic nitrogens is 1. The van der Waals surface area contributed by atoms with Crippen molar-refractivity contribution >= 4 is 15.7 Å². The Hall–Kier alpha value is -1.86. The van der Waals surface area contributed by atoms with Crippen LogP contribution in [0.25, 0.3) is 0 Å². The van der Waals surface area contributed by atoms with Crippen LogP contribution >= 0.6 is 0 Å². The van der Waals surface area contributed by atoms with Crippen molar-refractivity contribution in [1.29, 1.82) is 0 Å². The van der Waals surface area contributed by atoms with Crippen molar-refractivity contribution in [3.63, 3.8) is 0 Å². The zero-order valence-corrected chi connectivity index (χ0v) is 12.4. The van der Waals surface area contributed by atoms with Gasteiger partial charge in [-0.15, -0.1) is 0 Å². The summed E-state index contributed by atoms with van der Waals surface area (Å²) in [5.74, 6) is 0.630. The summed E-state index contributed by atoms with van der Waals surface area (Å²) in [6, 6.07) is 5.07. The number of nitrogen functional groups attached to an aromatic ring is 1. The molecule has 0 amide bonds. The minimum Gasteiger partial charge on any atom is -0.398 e. The van der Waals surface area contributed by atoms with E-state index in [0.717, 1.165) is 5.56 Å². The molecule has 0 aliphatic carbocycles. The van der Waals surface area contributed by atoms with Crippen LogP contribution in [0.15, 0.2) is 27.6 Å². The van der Waals surface area contributed by atoms with E-state index < -0.39 is 10.0 Å². The number of benzene rings is 1. The van der Waals surface area contributed by atoms with Gasteiger partial charge in [-0.25, -0.2) is 13.1 Å². The molecule has 1 heterocycles. The van der Waals surface area contributed by atoms with E-state index in [9.17, 15) is 8.42 Å². The maximum Gasteiger partial charge on any atom is 0.243 e. The third kappa shape index (κ3) is 2.83. The Morgan fingerprint density at radius 1 is 1.30 bits per heavy atom. The Morgan fingerprint density at radius 3 is 2.60 bits per heavy atom. The molecule has 0 spiro atoms. The standard InChI is InChI=1S/C13H17N3O3S/c1-8-4-5-12(14)13(10(8)3)20(17,18)15-7-11-6-9(2)19-16-11/h4-6,15H,7,14H2,1-3H3. The lowest BCUT2D eigenvalue weighted by molar-refractivity contribution is 0.390. The third-order valence-electron chi connectivity index (χ3n) is 3.10. The first-order valence-corrected chi connectivity index (χ1v) is 7.57. The maximum absolute atomic E-state index is 12.4.